The van der Waals surface area contributed by atoms with Gasteiger partial charge in [0, 0.05) is 21.1 Å². The van der Waals surface area contributed by atoms with Gasteiger partial charge in [-0.3, -0.25) is 0 Å². The fourth-order valence-electron chi connectivity index (χ4n) is 1.85. The number of rotatable bonds is 5. The molecule has 0 radical (unpaired) electrons. The van der Waals surface area contributed by atoms with Gasteiger partial charge in [-0.2, -0.15) is 0 Å². The normalized spacial score (nSPS) is 10.8. The van der Waals surface area contributed by atoms with Crippen LogP contribution < -0.4 is 5.32 Å². The first-order valence-corrected chi connectivity index (χ1v) is 7.70. The Bertz CT molecular complexity index is 604. The molecule has 20 heavy (non-hydrogen) atoms. The van der Waals surface area contributed by atoms with E-state index in [0.717, 1.165) is 28.6 Å². The third kappa shape index (κ3) is 4.45. The Morgan fingerprint density at radius 3 is 2.60 bits per heavy atom. The summed E-state index contributed by atoms with van der Waals surface area (Å²) in [6.07, 6.45) is 0.795. The molecule has 2 aromatic rings. The van der Waals surface area contributed by atoms with Crippen molar-refractivity contribution < 1.29 is 4.39 Å². The van der Waals surface area contributed by atoms with Crippen LogP contribution in [0.5, 0.6) is 0 Å². The van der Waals surface area contributed by atoms with Crippen LogP contribution in [-0.2, 0) is 13.0 Å². The van der Waals surface area contributed by atoms with Crippen LogP contribution >= 0.6 is 39.1 Å². The van der Waals surface area contributed by atoms with Crippen molar-refractivity contribution >= 4 is 39.1 Å². The quantitative estimate of drug-likeness (QED) is 0.704. The van der Waals surface area contributed by atoms with Gasteiger partial charge in [0.2, 0.25) is 0 Å². The number of hydrogen-bond donors (Lipinski definition) is 1. The molecule has 0 atom stereocenters. The Hall–Kier alpha value is -0.610. The van der Waals surface area contributed by atoms with Gasteiger partial charge in [-0.25, -0.2) is 4.39 Å². The van der Waals surface area contributed by atoms with E-state index in [2.05, 4.69) is 21.2 Å². The minimum absolute atomic E-state index is 0.231. The standard InChI is InChI=1S/C15H13BrCl2FN/c16-14-4-3-13(19)7-11(14)9-20-6-5-10-1-2-12(17)8-15(10)18/h1-4,7-8,20H,5-6,9H2. The van der Waals surface area contributed by atoms with E-state index in [4.69, 9.17) is 23.2 Å². The molecular formula is C15H13BrCl2FN. The molecule has 2 rings (SSSR count). The van der Waals surface area contributed by atoms with Gasteiger partial charge >= 0.3 is 0 Å². The number of benzene rings is 2. The fourth-order valence-corrected chi connectivity index (χ4v) is 2.74. The summed E-state index contributed by atoms with van der Waals surface area (Å²) < 4.78 is 14.0. The first-order chi connectivity index (χ1) is 9.56. The molecule has 0 saturated heterocycles. The van der Waals surface area contributed by atoms with Crippen LogP contribution in [0.1, 0.15) is 11.1 Å². The van der Waals surface area contributed by atoms with Gasteiger partial charge in [-0.05, 0) is 54.4 Å². The highest BCUT2D eigenvalue weighted by atomic mass is 79.9. The van der Waals surface area contributed by atoms with Crippen LogP contribution in [0.15, 0.2) is 40.9 Å². The number of nitrogens with one attached hydrogen (secondary N) is 1. The summed E-state index contributed by atoms with van der Waals surface area (Å²) in [5.74, 6) is -0.231. The highest BCUT2D eigenvalue weighted by Gasteiger charge is 2.03. The van der Waals surface area contributed by atoms with Crippen molar-refractivity contribution in [3.63, 3.8) is 0 Å². The van der Waals surface area contributed by atoms with Crippen molar-refractivity contribution in [2.75, 3.05) is 6.54 Å². The maximum atomic E-state index is 13.1. The molecule has 0 aliphatic rings. The van der Waals surface area contributed by atoms with Crippen molar-refractivity contribution in [2.24, 2.45) is 0 Å². The Morgan fingerprint density at radius 2 is 1.85 bits per heavy atom. The maximum absolute atomic E-state index is 13.1. The molecule has 1 nitrogen and oxygen atoms in total. The Morgan fingerprint density at radius 1 is 1.05 bits per heavy atom. The van der Waals surface area contributed by atoms with Crippen molar-refractivity contribution in [2.45, 2.75) is 13.0 Å². The zero-order valence-electron chi connectivity index (χ0n) is 10.6. The summed E-state index contributed by atoms with van der Waals surface area (Å²) >= 11 is 15.4. The monoisotopic (exact) mass is 375 g/mol. The highest BCUT2D eigenvalue weighted by molar-refractivity contribution is 9.10. The van der Waals surface area contributed by atoms with Gasteiger partial charge in [0.15, 0.2) is 0 Å². The van der Waals surface area contributed by atoms with E-state index in [1.165, 1.54) is 12.1 Å². The molecule has 106 valence electrons. The van der Waals surface area contributed by atoms with Crippen LogP contribution in [0.2, 0.25) is 10.0 Å². The van der Waals surface area contributed by atoms with Crippen molar-refractivity contribution in [1.82, 2.24) is 5.32 Å². The average Bonchev–Trinajstić information content (AvgIpc) is 2.40. The minimum Gasteiger partial charge on any atom is -0.312 e. The summed E-state index contributed by atoms with van der Waals surface area (Å²) in [6.45, 7) is 1.36. The average molecular weight is 377 g/mol. The van der Waals surface area contributed by atoms with Crippen LogP contribution in [0, 0.1) is 5.82 Å². The van der Waals surface area contributed by atoms with Crippen LogP contribution in [-0.4, -0.2) is 6.54 Å². The summed E-state index contributed by atoms with van der Waals surface area (Å²) in [5.41, 5.74) is 1.94. The predicted octanol–water partition coefficient (Wildman–Crippen LogP) is 5.23. The molecule has 0 spiro atoms. The zero-order valence-corrected chi connectivity index (χ0v) is 13.7. The molecule has 2 aromatic carbocycles. The second-order valence-electron chi connectivity index (χ2n) is 4.40. The van der Waals surface area contributed by atoms with Gasteiger partial charge in [-0.15, -0.1) is 0 Å². The molecule has 0 aliphatic heterocycles. The van der Waals surface area contributed by atoms with E-state index in [9.17, 15) is 4.39 Å². The topological polar surface area (TPSA) is 12.0 Å². The third-order valence-corrected chi connectivity index (χ3v) is 4.27. The molecular weight excluding hydrogens is 364 g/mol. The molecule has 1 N–H and O–H groups in total. The van der Waals surface area contributed by atoms with Crippen molar-refractivity contribution in [3.05, 3.63) is 67.9 Å². The van der Waals surface area contributed by atoms with Gasteiger partial charge in [0.05, 0.1) is 0 Å². The predicted molar refractivity (Wildman–Crippen MR) is 86.0 cm³/mol. The second kappa shape index (κ2) is 7.41. The third-order valence-electron chi connectivity index (χ3n) is 2.91. The van der Waals surface area contributed by atoms with Crippen LogP contribution in [0.25, 0.3) is 0 Å². The highest BCUT2D eigenvalue weighted by Crippen LogP contribution is 2.21. The van der Waals surface area contributed by atoms with E-state index < -0.39 is 0 Å². The summed E-state index contributed by atoms with van der Waals surface area (Å²) in [5, 5.41) is 4.58. The largest absolute Gasteiger partial charge is 0.312 e. The Balaban J connectivity index is 1.86. The number of hydrogen-bond acceptors (Lipinski definition) is 1. The summed E-state index contributed by atoms with van der Waals surface area (Å²) in [7, 11) is 0. The van der Waals surface area contributed by atoms with Crippen LogP contribution in [0.4, 0.5) is 4.39 Å². The minimum atomic E-state index is -0.231. The fraction of sp³-hybridized carbons (Fsp3) is 0.200. The lowest BCUT2D eigenvalue weighted by Crippen LogP contribution is -2.17. The van der Waals surface area contributed by atoms with E-state index in [1.807, 2.05) is 12.1 Å². The molecule has 5 heteroatoms. The Labute approximate surface area is 136 Å². The molecule has 0 heterocycles. The van der Waals surface area contributed by atoms with Gasteiger partial charge in [-0.1, -0.05) is 45.2 Å². The lowest BCUT2D eigenvalue weighted by atomic mass is 10.1. The van der Waals surface area contributed by atoms with E-state index in [1.54, 1.807) is 12.1 Å². The van der Waals surface area contributed by atoms with E-state index in [-0.39, 0.29) is 5.82 Å². The molecule has 0 saturated carbocycles. The zero-order chi connectivity index (χ0) is 14.5. The van der Waals surface area contributed by atoms with Crippen molar-refractivity contribution in [3.8, 4) is 0 Å². The van der Waals surface area contributed by atoms with Crippen LogP contribution in [0.3, 0.4) is 0 Å². The van der Waals surface area contributed by atoms with Gasteiger partial charge < -0.3 is 5.32 Å². The Kier molecular flexibility index (Phi) is 5.85. The molecule has 0 unspecified atom stereocenters. The molecule has 0 fully saturated rings. The second-order valence-corrected chi connectivity index (χ2v) is 6.10. The maximum Gasteiger partial charge on any atom is 0.123 e. The van der Waals surface area contributed by atoms with E-state index in [0.29, 0.717) is 16.6 Å². The molecule has 0 aliphatic carbocycles. The lowest BCUT2D eigenvalue weighted by Gasteiger charge is -2.08. The lowest BCUT2D eigenvalue weighted by molar-refractivity contribution is 0.619. The van der Waals surface area contributed by atoms with Gasteiger partial charge in [0.25, 0.3) is 0 Å². The summed E-state index contributed by atoms with van der Waals surface area (Å²) in [4.78, 5) is 0. The first kappa shape index (κ1) is 15.8. The molecule has 0 aromatic heterocycles. The van der Waals surface area contributed by atoms with Crippen molar-refractivity contribution in [1.29, 1.82) is 0 Å². The smallest absolute Gasteiger partial charge is 0.123 e. The van der Waals surface area contributed by atoms with Gasteiger partial charge in [0.1, 0.15) is 5.82 Å². The first-order valence-electron chi connectivity index (χ1n) is 6.15. The summed E-state index contributed by atoms with van der Waals surface area (Å²) in [6, 6.07) is 10.1. The SMILES string of the molecule is Fc1ccc(Br)c(CNCCc2ccc(Cl)cc2Cl)c1. The molecule has 0 amide bonds. The number of halogens is 4. The van der Waals surface area contributed by atoms with E-state index >= 15 is 0 Å². The molecule has 0 bridgehead atoms.